The molecule has 0 spiro atoms. The molecule has 11 heteroatoms. The zero-order chi connectivity index (χ0) is 20.1. The minimum atomic E-state index is -4.61. The molecule has 28 heavy (non-hydrogen) atoms. The van der Waals surface area contributed by atoms with Gasteiger partial charge in [0.1, 0.15) is 0 Å². The zero-order valence-corrected chi connectivity index (χ0v) is 15.9. The van der Waals surface area contributed by atoms with Gasteiger partial charge in [0.15, 0.2) is 11.5 Å². The number of sulfonamides is 1. The summed E-state index contributed by atoms with van der Waals surface area (Å²) >= 11 is 5.86. The number of alkyl halides is 3. The highest BCUT2D eigenvalue weighted by molar-refractivity contribution is 7.89. The highest BCUT2D eigenvalue weighted by Gasteiger charge is 2.32. The van der Waals surface area contributed by atoms with Crippen LogP contribution in [0.3, 0.4) is 0 Å². The number of aromatic nitrogens is 3. The lowest BCUT2D eigenvalue weighted by Gasteiger charge is -2.10. The lowest BCUT2D eigenvalue weighted by atomic mass is 10.1. The molecule has 0 bridgehead atoms. The van der Waals surface area contributed by atoms with Crippen molar-refractivity contribution >= 4 is 27.3 Å². The third-order valence-corrected chi connectivity index (χ3v) is 6.34. The van der Waals surface area contributed by atoms with Crippen LogP contribution < -0.4 is 4.72 Å². The molecule has 0 aliphatic heterocycles. The summed E-state index contributed by atoms with van der Waals surface area (Å²) in [5.74, 6) is -0.00673. The second kappa shape index (κ2) is 6.71. The molecule has 1 aliphatic rings. The smallest absolute Gasteiger partial charge is 0.283 e. The van der Waals surface area contributed by atoms with Crippen molar-refractivity contribution in [1.29, 1.82) is 0 Å². The third-order valence-electron chi connectivity index (χ3n) is 4.66. The van der Waals surface area contributed by atoms with Crippen molar-refractivity contribution in [2.75, 3.05) is 0 Å². The molecule has 2 aromatic heterocycles. The lowest BCUT2D eigenvalue weighted by molar-refractivity contribution is -0.137. The Kier molecular flexibility index (Phi) is 4.59. The average Bonchev–Trinajstić information content (AvgIpc) is 3.25. The highest BCUT2D eigenvalue weighted by atomic mass is 35.5. The Labute approximate surface area is 163 Å². The molecule has 0 saturated heterocycles. The molecule has 0 amide bonds. The summed E-state index contributed by atoms with van der Waals surface area (Å²) in [4.78, 5) is 0.107. The van der Waals surface area contributed by atoms with Gasteiger partial charge in [-0.15, -0.1) is 10.2 Å². The fourth-order valence-electron chi connectivity index (χ4n) is 3.23. The number of hydrogen-bond donors (Lipinski definition) is 1. The normalized spacial score (nSPS) is 14.6. The van der Waals surface area contributed by atoms with E-state index in [0.29, 0.717) is 0 Å². The first-order valence-electron chi connectivity index (χ1n) is 8.37. The van der Waals surface area contributed by atoms with Crippen molar-refractivity contribution in [2.45, 2.75) is 36.9 Å². The number of nitrogens with one attached hydrogen (secondary N) is 1. The van der Waals surface area contributed by atoms with Gasteiger partial charge in [-0.2, -0.15) is 13.2 Å². The van der Waals surface area contributed by atoms with Crippen LogP contribution in [0.25, 0.3) is 5.65 Å². The molecule has 1 N–H and O–H groups in total. The largest absolute Gasteiger partial charge is 0.417 e. The molecule has 1 aromatic carbocycles. The predicted octanol–water partition coefficient (Wildman–Crippen LogP) is 3.37. The molecular weight excluding hydrogens is 417 g/mol. The van der Waals surface area contributed by atoms with E-state index in [0.717, 1.165) is 47.1 Å². The fourth-order valence-corrected chi connectivity index (χ4v) is 4.51. The average molecular weight is 431 g/mol. The van der Waals surface area contributed by atoms with E-state index < -0.39 is 21.8 Å². The van der Waals surface area contributed by atoms with Crippen molar-refractivity contribution in [2.24, 2.45) is 0 Å². The summed E-state index contributed by atoms with van der Waals surface area (Å²) in [6.07, 6.45) is -1.08. The summed E-state index contributed by atoms with van der Waals surface area (Å²) in [6.45, 7) is -0.335. The summed E-state index contributed by atoms with van der Waals surface area (Å²) < 4.78 is 67.6. The molecule has 2 heterocycles. The van der Waals surface area contributed by atoms with E-state index in [1.807, 2.05) is 0 Å². The number of rotatable bonds is 4. The zero-order valence-electron chi connectivity index (χ0n) is 14.3. The maximum Gasteiger partial charge on any atom is 0.417 e. The molecule has 1 aliphatic carbocycles. The van der Waals surface area contributed by atoms with E-state index in [1.165, 1.54) is 6.07 Å². The van der Waals surface area contributed by atoms with Crippen LogP contribution in [0.15, 0.2) is 35.4 Å². The topological polar surface area (TPSA) is 76.4 Å². The van der Waals surface area contributed by atoms with Gasteiger partial charge < -0.3 is 0 Å². The first-order chi connectivity index (χ1) is 13.1. The Bertz CT molecular complexity index is 1180. The van der Waals surface area contributed by atoms with E-state index in [4.69, 9.17) is 11.6 Å². The molecular formula is C17H14ClF3N4O2S. The third kappa shape index (κ3) is 3.47. The van der Waals surface area contributed by atoms with Crippen molar-refractivity contribution in [1.82, 2.24) is 19.3 Å². The van der Waals surface area contributed by atoms with Crippen LogP contribution in [0.5, 0.6) is 0 Å². The number of benzene rings is 1. The minimum Gasteiger partial charge on any atom is -0.283 e. The monoisotopic (exact) mass is 430 g/mol. The first kappa shape index (κ1) is 19.2. The van der Waals surface area contributed by atoms with Gasteiger partial charge in [0.25, 0.3) is 0 Å². The number of fused-ring (bicyclic) bond motifs is 2. The Morgan fingerprint density at radius 2 is 1.89 bits per heavy atom. The maximum atomic E-state index is 13.0. The molecule has 6 nitrogen and oxygen atoms in total. The van der Waals surface area contributed by atoms with Gasteiger partial charge in [-0.05, 0) is 48.6 Å². The van der Waals surface area contributed by atoms with Gasteiger partial charge in [0.2, 0.25) is 10.0 Å². The van der Waals surface area contributed by atoms with Crippen molar-refractivity contribution in [3.05, 3.63) is 58.0 Å². The molecule has 4 rings (SSSR count). The van der Waals surface area contributed by atoms with Crippen LogP contribution in [0.2, 0.25) is 5.02 Å². The van der Waals surface area contributed by atoms with Gasteiger partial charge in [0.05, 0.1) is 22.0 Å². The van der Waals surface area contributed by atoms with Crippen molar-refractivity contribution < 1.29 is 21.6 Å². The highest BCUT2D eigenvalue weighted by Crippen LogP contribution is 2.32. The number of nitrogens with zero attached hydrogens (tertiary/aromatic N) is 3. The molecule has 0 atom stereocenters. The van der Waals surface area contributed by atoms with Gasteiger partial charge in [-0.1, -0.05) is 17.7 Å². The Morgan fingerprint density at radius 3 is 2.64 bits per heavy atom. The Balaban J connectivity index is 1.62. The summed E-state index contributed by atoms with van der Waals surface area (Å²) in [7, 11) is -3.86. The van der Waals surface area contributed by atoms with E-state index in [2.05, 4.69) is 14.9 Å². The van der Waals surface area contributed by atoms with Crippen molar-refractivity contribution in [3.8, 4) is 0 Å². The number of hydrogen-bond acceptors (Lipinski definition) is 4. The van der Waals surface area contributed by atoms with Gasteiger partial charge >= 0.3 is 6.18 Å². The van der Waals surface area contributed by atoms with E-state index in [-0.39, 0.29) is 27.9 Å². The van der Waals surface area contributed by atoms with Crippen LogP contribution in [0.4, 0.5) is 13.2 Å². The SMILES string of the molecule is O=S(=O)(NCc1nnc2c(Cl)cc(C(F)(F)F)cn12)c1ccc2c(c1)CCC2. The summed E-state index contributed by atoms with van der Waals surface area (Å²) in [6, 6.07) is 5.70. The Morgan fingerprint density at radius 1 is 1.14 bits per heavy atom. The van der Waals surface area contributed by atoms with Gasteiger partial charge in [0, 0.05) is 6.20 Å². The van der Waals surface area contributed by atoms with Crippen LogP contribution in [-0.2, 0) is 35.6 Å². The summed E-state index contributed by atoms with van der Waals surface area (Å²) in [5.41, 5.74) is 1.17. The van der Waals surface area contributed by atoms with E-state index in [9.17, 15) is 21.6 Å². The molecule has 0 radical (unpaired) electrons. The van der Waals surface area contributed by atoms with Crippen LogP contribution in [0, 0.1) is 0 Å². The second-order valence-corrected chi connectivity index (χ2v) is 8.67. The molecule has 0 unspecified atom stereocenters. The van der Waals surface area contributed by atoms with Gasteiger partial charge in [-0.25, -0.2) is 13.1 Å². The number of aryl methyl sites for hydroxylation is 2. The van der Waals surface area contributed by atoms with Crippen LogP contribution >= 0.6 is 11.6 Å². The molecule has 148 valence electrons. The molecule has 0 fully saturated rings. The Hall–Kier alpha value is -2.17. The first-order valence-corrected chi connectivity index (χ1v) is 10.2. The second-order valence-electron chi connectivity index (χ2n) is 6.49. The van der Waals surface area contributed by atoms with Crippen molar-refractivity contribution in [3.63, 3.8) is 0 Å². The minimum absolute atomic E-state index is 0.00673. The maximum absolute atomic E-state index is 13.0. The van der Waals surface area contributed by atoms with Crippen LogP contribution in [-0.4, -0.2) is 23.0 Å². The summed E-state index contributed by atoms with van der Waals surface area (Å²) in [5, 5.41) is 7.28. The van der Waals surface area contributed by atoms with Crippen LogP contribution in [0.1, 0.15) is 28.9 Å². The fraction of sp³-hybridized carbons (Fsp3) is 0.294. The van der Waals surface area contributed by atoms with E-state index >= 15 is 0 Å². The molecule has 3 aromatic rings. The number of pyridine rings is 1. The standard InChI is InChI=1S/C17H14ClF3N4O2S/c18-14-7-12(17(19,20)21)9-25-15(23-24-16(14)25)8-22-28(26,27)13-5-4-10-2-1-3-11(10)6-13/h4-7,9,22H,1-3,8H2. The number of halogens is 4. The predicted molar refractivity (Wildman–Crippen MR) is 95.5 cm³/mol. The lowest BCUT2D eigenvalue weighted by Crippen LogP contribution is -2.24. The van der Waals surface area contributed by atoms with Gasteiger partial charge in [-0.3, -0.25) is 4.40 Å². The quantitative estimate of drug-likeness (QED) is 0.688. The van der Waals surface area contributed by atoms with E-state index in [1.54, 1.807) is 12.1 Å². The molecule has 0 saturated carbocycles.